The van der Waals surface area contributed by atoms with E-state index < -0.39 is 0 Å². The number of aromatic nitrogens is 2. The Bertz CT molecular complexity index is 1470. The molecule has 1 saturated heterocycles. The summed E-state index contributed by atoms with van der Waals surface area (Å²) >= 11 is 0. The van der Waals surface area contributed by atoms with Gasteiger partial charge < -0.3 is 15.0 Å². The number of nitrogens with zero attached hydrogens (tertiary/aromatic N) is 4. The third kappa shape index (κ3) is 4.54. The highest BCUT2D eigenvalue weighted by Gasteiger charge is 2.36. The number of rotatable bonds is 6. The maximum absolute atomic E-state index is 14.2. The number of piperazine rings is 1. The van der Waals surface area contributed by atoms with Gasteiger partial charge in [0.25, 0.3) is 5.91 Å². The molecule has 6 rings (SSSR count). The van der Waals surface area contributed by atoms with Crippen LogP contribution in [0.4, 0.5) is 5.95 Å². The molecule has 2 aliphatic heterocycles. The molecule has 3 heterocycles. The second-order valence-electron chi connectivity index (χ2n) is 9.92. The summed E-state index contributed by atoms with van der Waals surface area (Å²) in [6, 6.07) is 26.4. The van der Waals surface area contributed by atoms with E-state index in [0.29, 0.717) is 19.7 Å². The lowest BCUT2D eigenvalue weighted by Crippen LogP contribution is -2.49. The van der Waals surface area contributed by atoms with Gasteiger partial charge in [-0.15, -0.1) is 0 Å². The van der Waals surface area contributed by atoms with E-state index >= 15 is 0 Å². The Morgan fingerprint density at radius 3 is 2.39 bits per heavy atom. The van der Waals surface area contributed by atoms with E-state index in [0.717, 1.165) is 59.2 Å². The minimum absolute atomic E-state index is 0.0803. The van der Waals surface area contributed by atoms with Gasteiger partial charge in [0.2, 0.25) is 5.95 Å². The first-order valence-electron chi connectivity index (χ1n) is 13.4. The van der Waals surface area contributed by atoms with Gasteiger partial charge in [-0.05, 0) is 49.2 Å². The first-order valence-corrected chi connectivity index (χ1v) is 13.4. The van der Waals surface area contributed by atoms with Crippen LogP contribution in [0.25, 0.3) is 11.0 Å². The highest BCUT2D eigenvalue weighted by atomic mass is 16.5. The summed E-state index contributed by atoms with van der Waals surface area (Å²) in [4.78, 5) is 23.5. The first-order chi connectivity index (χ1) is 18.6. The molecule has 4 aromatic rings. The summed E-state index contributed by atoms with van der Waals surface area (Å²) in [5.41, 5.74) is 5.85. The summed E-state index contributed by atoms with van der Waals surface area (Å²) in [5.74, 6) is 1.66. The second-order valence-corrected chi connectivity index (χ2v) is 9.92. The van der Waals surface area contributed by atoms with Crippen LogP contribution in [0.5, 0.6) is 5.75 Å². The topological polar surface area (TPSA) is 62.6 Å². The van der Waals surface area contributed by atoms with Crippen LogP contribution >= 0.6 is 0 Å². The zero-order valence-electron chi connectivity index (χ0n) is 21.9. The van der Waals surface area contributed by atoms with E-state index in [9.17, 15) is 4.79 Å². The van der Waals surface area contributed by atoms with Crippen molar-refractivity contribution in [1.29, 1.82) is 0 Å². The minimum Gasteiger partial charge on any atom is -0.494 e. The van der Waals surface area contributed by atoms with Gasteiger partial charge in [0.15, 0.2) is 0 Å². The average Bonchev–Trinajstić information content (AvgIpc) is 3.31. The van der Waals surface area contributed by atoms with Gasteiger partial charge in [-0.25, -0.2) is 4.98 Å². The fourth-order valence-electron chi connectivity index (χ4n) is 5.59. The molecular weight excluding hydrogens is 474 g/mol. The van der Waals surface area contributed by atoms with Crippen LogP contribution in [0.15, 0.2) is 90.1 Å². The Labute approximate surface area is 223 Å². The summed E-state index contributed by atoms with van der Waals surface area (Å²) in [6.45, 7) is 8.61. The fourth-order valence-corrected chi connectivity index (χ4v) is 5.59. The number of fused-ring (bicyclic) bond motifs is 3. The summed E-state index contributed by atoms with van der Waals surface area (Å²) < 4.78 is 7.86. The van der Waals surface area contributed by atoms with Crippen molar-refractivity contribution in [3.05, 3.63) is 101 Å². The van der Waals surface area contributed by atoms with Crippen LogP contribution in [0.2, 0.25) is 0 Å². The Morgan fingerprint density at radius 1 is 0.947 bits per heavy atom. The Kier molecular flexibility index (Phi) is 6.60. The molecule has 38 heavy (non-hydrogen) atoms. The number of hydrogen-bond acceptors (Lipinski definition) is 5. The number of carbonyl (C=O) groups excluding carboxylic acids is 1. The molecule has 1 atom stereocenters. The zero-order chi connectivity index (χ0) is 26.1. The zero-order valence-corrected chi connectivity index (χ0v) is 21.9. The van der Waals surface area contributed by atoms with E-state index in [1.54, 1.807) is 0 Å². The van der Waals surface area contributed by atoms with E-state index in [2.05, 4.69) is 57.2 Å². The molecular formula is C31H33N5O2. The Hall–Kier alpha value is -4.10. The third-order valence-corrected chi connectivity index (χ3v) is 7.48. The van der Waals surface area contributed by atoms with Crippen molar-refractivity contribution in [2.75, 3.05) is 38.1 Å². The van der Waals surface area contributed by atoms with E-state index in [1.165, 1.54) is 5.56 Å². The highest BCUT2D eigenvalue weighted by Crippen LogP contribution is 2.40. The van der Waals surface area contributed by atoms with Gasteiger partial charge in [0, 0.05) is 38.4 Å². The predicted octanol–water partition coefficient (Wildman–Crippen LogP) is 5.07. The maximum atomic E-state index is 14.2. The Morgan fingerprint density at radius 2 is 1.66 bits per heavy atom. The number of hydrogen-bond donors (Lipinski definition) is 1. The van der Waals surface area contributed by atoms with Gasteiger partial charge in [-0.3, -0.25) is 14.3 Å². The fraction of sp³-hybridized carbons (Fsp3) is 0.290. The van der Waals surface area contributed by atoms with Crippen molar-refractivity contribution in [3.8, 4) is 5.75 Å². The molecule has 1 aromatic heterocycles. The largest absolute Gasteiger partial charge is 0.494 e. The van der Waals surface area contributed by atoms with E-state index in [-0.39, 0.29) is 11.9 Å². The normalized spacial score (nSPS) is 17.8. The molecule has 1 N–H and O–H groups in total. The van der Waals surface area contributed by atoms with Crippen LogP contribution in [-0.4, -0.2) is 58.0 Å². The average molecular weight is 508 g/mol. The quantitative estimate of drug-likeness (QED) is 0.395. The number of anilines is 1. The lowest BCUT2D eigenvalue weighted by molar-refractivity contribution is -0.129. The minimum atomic E-state index is -0.288. The number of allylic oxidation sites excluding steroid dienone is 1. The third-order valence-electron chi connectivity index (χ3n) is 7.48. The second kappa shape index (κ2) is 10.3. The van der Waals surface area contributed by atoms with Crippen LogP contribution in [0, 0.1) is 0 Å². The van der Waals surface area contributed by atoms with E-state index in [1.807, 2.05) is 55.1 Å². The molecule has 7 nitrogen and oxygen atoms in total. The van der Waals surface area contributed by atoms with Gasteiger partial charge in [-0.2, -0.15) is 0 Å². The summed E-state index contributed by atoms with van der Waals surface area (Å²) in [7, 11) is 0. The lowest BCUT2D eigenvalue weighted by Gasteiger charge is -2.38. The molecule has 194 valence electrons. The molecule has 1 amide bonds. The van der Waals surface area contributed by atoms with Crippen LogP contribution < -0.4 is 10.1 Å². The molecule has 1 fully saturated rings. The number of para-hydroxylation sites is 2. The number of carbonyl (C=O) groups is 1. The molecule has 3 aromatic carbocycles. The summed E-state index contributed by atoms with van der Waals surface area (Å²) in [5, 5.41) is 3.44. The molecule has 7 heteroatoms. The number of nitrogens with one attached hydrogen (secondary N) is 1. The SMILES string of the molecule is CCOc1ccc(C2C(C(=O)N3CCN(Cc4ccccc4)CC3)=C(C)Nc3nc4ccccc4n32)cc1. The highest BCUT2D eigenvalue weighted by molar-refractivity contribution is 5.98. The predicted molar refractivity (Wildman–Crippen MR) is 150 cm³/mol. The molecule has 0 bridgehead atoms. The monoisotopic (exact) mass is 507 g/mol. The van der Waals surface area contributed by atoms with Crippen molar-refractivity contribution >= 4 is 22.9 Å². The summed E-state index contributed by atoms with van der Waals surface area (Å²) in [6.07, 6.45) is 0. The lowest BCUT2D eigenvalue weighted by atomic mass is 9.93. The van der Waals surface area contributed by atoms with Crippen molar-refractivity contribution in [2.45, 2.75) is 26.4 Å². The Balaban J connectivity index is 1.31. The maximum Gasteiger partial charge on any atom is 0.254 e. The molecule has 0 spiro atoms. The van der Waals surface area contributed by atoms with E-state index in [4.69, 9.17) is 9.72 Å². The number of imidazole rings is 1. The van der Waals surface area contributed by atoms with Crippen molar-refractivity contribution in [3.63, 3.8) is 0 Å². The number of benzene rings is 3. The van der Waals surface area contributed by atoms with Gasteiger partial charge in [0.05, 0.1) is 29.3 Å². The standard InChI is InChI=1S/C31H33N5O2/c1-3-38-25-15-13-24(14-16-25)29-28(22(2)32-31-33-26-11-7-8-12-27(26)36(29)31)30(37)35-19-17-34(18-20-35)21-23-9-5-4-6-10-23/h4-16,29H,3,17-21H2,1-2H3,(H,32,33). The first kappa shape index (κ1) is 24.2. The van der Waals surface area contributed by atoms with Crippen LogP contribution in [0.1, 0.15) is 31.0 Å². The van der Waals surface area contributed by atoms with Crippen LogP contribution in [0.3, 0.4) is 0 Å². The number of ether oxygens (including phenoxy) is 1. The van der Waals surface area contributed by atoms with Crippen molar-refractivity contribution < 1.29 is 9.53 Å². The molecule has 0 saturated carbocycles. The molecule has 0 radical (unpaired) electrons. The van der Waals surface area contributed by atoms with Crippen molar-refractivity contribution in [2.24, 2.45) is 0 Å². The van der Waals surface area contributed by atoms with Gasteiger partial charge in [-0.1, -0.05) is 54.6 Å². The van der Waals surface area contributed by atoms with Gasteiger partial charge in [0.1, 0.15) is 5.75 Å². The van der Waals surface area contributed by atoms with Crippen LogP contribution in [-0.2, 0) is 11.3 Å². The van der Waals surface area contributed by atoms with Gasteiger partial charge >= 0.3 is 0 Å². The molecule has 0 aliphatic carbocycles. The molecule has 1 unspecified atom stereocenters. The number of amides is 1. The smallest absolute Gasteiger partial charge is 0.254 e. The van der Waals surface area contributed by atoms with Crippen molar-refractivity contribution in [1.82, 2.24) is 19.4 Å². The molecule has 2 aliphatic rings.